The molecule has 0 fully saturated rings. The Morgan fingerprint density at radius 2 is 1.68 bits per heavy atom. The predicted octanol–water partition coefficient (Wildman–Crippen LogP) is 3.79. The normalized spacial score (nSPS) is 22.6. The van der Waals surface area contributed by atoms with Crippen molar-refractivity contribution in [2.45, 2.75) is 13.0 Å². The third-order valence-corrected chi connectivity index (χ3v) is 4.94. The molecule has 2 aromatic carbocycles. The molecule has 0 saturated heterocycles. The molecule has 0 radical (unpaired) electrons. The van der Waals surface area contributed by atoms with Crippen molar-refractivity contribution in [2.24, 2.45) is 5.41 Å². The van der Waals surface area contributed by atoms with Crippen molar-refractivity contribution in [1.29, 1.82) is 5.26 Å². The molecule has 1 aliphatic rings. The Hall–Kier alpha value is -3.06. The summed E-state index contributed by atoms with van der Waals surface area (Å²) >= 11 is 0. The topological polar surface area (TPSA) is 53.3 Å². The summed E-state index contributed by atoms with van der Waals surface area (Å²) in [6, 6.07) is 21.1. The van der Waals surface area contributed by atoms with Gasteiger partial charge in [0, 0.05) is 18.3 Å². The zero-order valence-electron chi connectivity index (χ0n) is 14.6. The van der Waals surface area contributed by atoms with Gasteiger partial charge in [-0.1, -0.05) is 60.7 Å². The number of esters is 1. The first kappa shape index (κ1) is 16.8. The fourth-order valence-electron chi connectivity index (χ4n) is 3.77. The zero-order valence-corrected chi connectivity index (χ0v) is 14.6. The minimum Gasteiger partial charge on any atom is -0.468 e. The van der Waals surface area contributed by atoms with Crippen molar-refractivity contribution in [1.82, 2.24) is 4.90 Å². The van der Waals surface area contributed by atoms with E-state index in [1.807, 2.05) is 79.5 Å². The second-order valence-corrected chi connectivity index (χ2v) is 6.16. The van der Waals surface area contributed by atoms with Crippen molar-refractivity contribution in [3.05, 3.63) is 77.5 Å². The van der Waals surface area contributed by atoms with Gasteiger partial charge < -0.3 is 9.64 Å². The van der Waals surface area contributed by atoms with Crippen LogP contribution in [-0.2, 0) is 9.53 Å². The number of carbonyl (C=O) groups excluding carboxylic acids is 1. The molecule has 0 bridgehead atoms. The molecule has 1 aliphatic heterocycles. The summed E-state index contributed by atoms with van der Waals surface area (Å²) in [6.07, 6.45) is 0. The maximum Gasteiger partial charge on any atom is 0.333 e. The highest BCUT2D eigenvalue weighted by molar-refractivity contribution is 6.00. The lowest BCUT2D eigenvalue weighted by atomic mass is 9.72. The molecule has 4 nitrogen and oxygen atoms in total. The molecule has 0 unspecified atom stereocenters. The van der Waals surface area contributed by atoms with Crippen LogP contribution in [0.5, 0.6) is 0 Å². The Morgan fingerprint density at radius 1 is 1.12 bits per heavy atom. The number of ether oxygens (including phenoxy) is 1. The Bertz CT molecular complexity index is 852. The van der Waals surface area contributed by atoms with E-state index in [2.05, 4.69) is 6.07 Å². The SMILES string of the molecule is COC(=O)[C@@]1(C#N)C(c2ccccc2)=C(C)N(C)[C@H]1c1ccccc1. The molecule has 1 heterocycles. The summed E-state index contributed by atoms with van der Waals surface area (Å²) < 4.78 is 5.11. The predicted molar refractivity (Wildman–Crippen MR) is 96.0 cm³/mol. The molecule has 2 atom stereocenters. The van der Waals surface area contributed by atoms with E-state index in [1.165, 1.54) is 7.11 Å². The van der Waals surface area contributed by atoms with Crippen LogP contribution in [-0.4, -0.2) is 25.0 Å². The molecule has 2 aromatic rings. The van der Waals surface area contributed by atoms with Crippen molar-refractivity contribution < 1.29 is 9.53 Å². The average Bonchev–Trinajstić information content (AvgIpc) is 2.90. The minimum absolute atomic E-state index is 0.443. The van der Waals surface area contributed by atoms with Gasteiger partial charge in [-0.05, 0) is 18.1 Å². The summed E-state index contributed by atoms with van der Waals surface area (Å²) in [5.41, 5.74) is 1.95. The van der Waals surface area contributed by atoms with E-state index in [0.717, 1.165) is 16.8 Å². The van der Waals surface area contributed by atoms with E-state index in [1.54, 1.807) is 0 Å². The van der Waals surface area contributed by atoms with E-state index in [-0.39, 0.29) is 0 Å². The Kier molecular flexibility index (Phi) is 4.33. The van der Waals surface area contributed by atoms with Crippen molar-refractivity contribution in [3.63, 3.8) is 0 Å². The van der Waals surface area contributed by atoms with Gasteiger partial charge in [0.15, 0.2) is 0 Å². The molecule has 0 aliphatic carbocycles. The zero-order chi connectivity index (χ0) is 18.0. The van der Waals surface area contributed by atoms with E-state index in [4.69, 9.17) is 4.74 Å². The molecule has 0 amide bonds. The number of carbonyl (C=O) groups is 1. The molecular weight excluding hydrogens is 312 g/mol. The van der Waals surface area contributed by atoms with Gasteiger partial charge in [-0.15, -0.1) is 0 Å². The summed E-state index contributed by atoms with van der Waals surface area (Å²) in [5.74, 6) is -0.536. The smallest absolute Gasteiger partial charge is 0.333 e. The first-order chi connectivity index (χ1) is 12.1. The van der Waals surface area contributed by atoms with Crippen LogP contribution in [0.3, 0.4) is 0 Å². The number of benzene rings is 2. The molecule has 0 saturated carbocycles. The van der Waals surface area contributed by atoms with Gasteiger partial charge in [0.1, 0.15) is 0 Å². The van der Waals surface area contributed by atoms with Crippen LogP contribution >= 0.6 is 0 Å². The second kappa shape index (κ2) is 6.45. The quantitative estimate of drug-likeness (QED) is 0.803. The standard InChI is InChI=1S/C21H20N2O2/c1-15-18(16-10-6-4-7-11-16)21(14-22,20(24)25-3)19(23(15)2)17-12-8-5-9-13-17/h4-13,19H,1-3H3/t19-,21-/m0/s1. The summed E-state index contributed by atoms with van der Waals surface area (Å²) in [7, 11) is 3.25. The van der Waals surface area contributed by atoms with Gasteiger partial charge >= 0.3 is 5.97 Å². The fourth-order valence-corrected chi connectivity index (χ4v) is 3.77. The molecule has 3 rings (SSSR count). The number of hydrogen-bond donors (Lipinski definition) is 0. The lowest BCUT2D eigenvalue weighted by molar-refractivity contribution is -0.148. The molecule has 4 heteroatoms. The number of nitriles is 1. The number of rotatable bonds is 3. The molecule has 0 spiro atoms. The van der Waals surface area contributed by atoms with Crippen molar-refractivity contribution in [2.75, 3.05) is 14.2 Å². The van der Waals surface area contributed by atoms with Gasteiger partial charge in [-0.3, -0.25) is 0 Å². The van der Waals surface area contributed by atoms with Crippen LogP contribution in [0, 0.1) is 16.7 Å². The first-order valence-electron chi connectivity index (χ1n) is 8.12. The van der Waals surface area contributed by atoms with Crippen molar-refractivity contribution >= 4 is 11.5 Å². The summed E-state index contributed by atoms with van der Waals surface area (Å²) in [5, 5.41) is 10.2. The van der Waals surface area contributed by atoms with Crippen LogP contribution in [0.15, 0.2) is 66.4 Å². The fraction of sp³-hybridized carbons (Fsp3) is 0.238. The van der Waals surface area contributed by atoms with E-state index >= 15 is 0 Å². The van der Waals surface area contributed by atoms with E-state index in [9.17, 15) is 10.1 Å². The van der Waals surface area contributed by atoms with Crippen LogP contribution < -0.4 is 0 Å². The number of allylic oxidation sites excluding steroid dienone is 1. The Morgan fingerprint density at radius 3 is 2.20 bits per heavy atom. The monoisotopic (exact) mass is 332 g/mol. The third kappa shape index (κ3) is 2.40. The Balaban J connectivity index is 2.30. The van der Waals surface area contributed by atoms with Gasteiger partial charge in [-0.25, -0.2) is 4.79 Å². The van der Waals surface area contributed by atoms with Gasteiger partial charge in [0.25, 0.3) is 0 Å². The highest BCUT2D eigenvalue weighted by Gasteiger charge is 2.58. The van der Waals surface area contributed by atoms with Crippen LogP contribution in [0.25, 0.3) is 5.57 Å². The first-order valence-corrected chi connectivity index (χ1v) is 8.12. The summed E-state index contributed by atoms with van der Waals surface area (Å²) in [4.78, 5) is 14.9. The third-order valence-electron chi connectivity index (χ3n) is 4.94. The molecule has 126 valence electrons. The van der Waals surface area contributed by atoms with E-state index < -0.39 is 17.4 Å². The molecular formula is C21H20N2O2. The number of hydrogen-bond acceptors (Lipinski definition) is 4. The van der Waals surface area contributed by atoms with Crippen LogP contribution in [0.1, 0.15) is 24.1 Å². The average molecular weight is 332 g/mol. The van der Waals surface area contributed by atoms with E-state index in [0.29, 0.717) is 5.57 Å². The van der Waals surface area contributed by atoms with Gasteiger partial charge in [-0.2, -0.15) is 5.26 Å². The molecule has 0 N–H and O–H groups in total. The van der Waals surface area contributed by atoms with Crippen LogP contribution in [0.2, 0.25) is 0 Å². The lowest BCUT2D eigenvalue weighted by Crippen LogP contribution is -2.39. The highest BCUT2D eigenvalue weighted by atomic mass is 16.5. The molecule has 0 aromatic heterocycles. The summed E-state index contributed by atoms with van der Waals surface area (Å²) in [6.45, 7) is 1.94. The van der Waals surface area contributed by atoms with Crippen LogP contribution in [0.4, 0.5) is 0 Å². The Labute approximate surface area is 148 Å². The van der Waals surface area contributed by atoms with Crippen molar-refractivity contribution in [3.8, 4) is 6.07 Å². The highest BCUT2D eigenvalue weighted by Crippen LogP contribution is 2.56. The number of nitrogens with zero attached hydrogens (tertiary/aromatic N) is 2. The minimum atomic E-state index is -1.42. The van der Waals surface area contributed by atoms with Gasteiger partial charge in [0.2, 0.25) is 5.41 Å². The molecule has 25 heavy (non-hydrogen) atoms. The lowest BCUT2D eigenvalue weighted by Gasteiger charge is -2.33. The maximum absolute atomic E-state index is 12.9. The largest absolute Gasteiger partial charge is 0.468 e. The number of methoxy groups -OCH3 is 1. The van der Waals surface area contributed by atoms with Gasteiger partial charge in [0.05, 0.1) is 19.2 Å². The maximum atomic E-state index is 12.9. The second-order valence-electron chi connectivity index (χ2n) is 6.16.